The van der Waals surface area contributed by atoms with Crippen LogP contribution in [0.4, 0.5) is 0 Å². The molecule has 1 aliphatic rings. The fourth-order valence-electron chi connectivity index (χ4n) is 2.02. The maximum Gasteiger partial charge on any atom is 0.222 e. The third-order valence-electron chi connectivity index (χ3n) is 2.95. The van der Waals surface area contributed by atoms with Crippen molar-refractivity contribution in [1.82, 2.24) is 4.90 Å². The summed E-state index contributed by atoms with van der Waals surface area (Å²) in [4.78, 5) is 13.3. The first kappa shape index (κ1) is 17.6. The summed E-state index contributed by atoms with van der Waals surface area (Å²) in [5.74, 6) is 0.374. The van der Waals surface area contributed by atoms with Gasteiger partial charge in [0.1, 0.15) is 0 Å². The van der Waals surface area contributed by atoms with Crippen molar-refractivity contribution in [3.63, 3.8) is 0 Å². The second-order valence-corrected chi connectivity index (χ2v) is 6.48. The standard InChI is InChI=1S/C12H23NO.C2H6OS/c1-2-3-4-5-6-7-10-13-11-8-9-12(13)14;1-4(2)3/h2-11H2,1H3;1-2H3. The zero-order valence-corrected chi connectivity index (χ0v) is 13.1. The van der Waals surface area contributed by atoms with E-state index >= 15 is 0 Å². The van der Waals surface area contributed by atoms with Gasteiger partial charge in [-0.1, -0.05) is 39.0 Å². The summed E-state index contributed by atoms with van der Waals surface area (Å²) >= 11 is 0. The van der Waals surface area contributed by atoms with Crippen molar-refractivity contribution in [2.75, 3.05) is 25.6 Å². The number of unbranched alkanes of at least 4 members (excludes halogenated alkanes) is 5. The van der Waals surface area contributed by atoms with Gasteiger partial charge in [-0.05, 0) is 12.8 Å². The zero-order valence-electron chi connectivity index (χ0n) is 12.2. The van der Waals surface area contributed by atoms with Gasteiger partial charge in [0.05, 0.1) is 0 Å². The molecule has 0 aliphatic carbocycles. The highest BCUT2D eigenvalue weighted by atomic mass is 32.2. The molecule has 1 heterocycles. The molecule has 18 heavy (non-hydrogen) atoms. The van der Waals surface area contributed by atoms with Gasteiger partial charge < -0.3 is 4.90 Å². The van der Waals surface area contributed by atoms with E-state index in [-0.39, 0.29) is 0 Å². The van der Waals surface area contributed by atoms with E-state index in [1.54, 1.807) is 12.5 Å². The lowest BCUT2D eigenvalue weighted by Gasteiger charge is -2.14. The van der Waals surface area contributed by atoms with E-state index in [0.717, 1.165) is 25.9 Å². The molecule has 4 heteroatoms. The second kappa shape index (κ2) is 11.7. The first-order valence-corrected chi connectivity index (χ1v) is 9.07. The lowest BCUT2D eigenvalue weighted by atomic mass is 10.1. The Bertz CT molecular complexity index is 240. The molecule has 1 aliphatic heterocycles. The van der Waals surface area contributed by atoms with Gasteiger partial charge in [-0.2, -0.15) is 0 Å². The van der Waals surface area contributed by atoms with Crippen LogP contribution in [-0.2, 0) is 15.6 Å². The Morgan fingerprint density at radius 1 is 1.11 bits per heavy atom. The SMILES string of the molecule is CCCCCCCCN1CCCC1=O.CS(C)=O. The average molecular weight is 275 g/mol. The molecule has 0 aromatic heterocycles. The third-order valence-corrected chi connectivity index (χ3v) is 2.95. The summed E-state index contributed by atoms with van der Waals surface area (Å²) in [5, 5.41) is 0. The van der Waals surface area contributed by atoms with E-state index in [9.17, 15) is 9.00 Å². The Morgan fingerprint density at radius 3 is 2.17 bits per heavy atom. The largest absolute Gasteiger partial charge is 0.343 e. The number of hydrogen-bond donors (Lipinski definition) is 0. The van der Waals surface area contributed by atoms with Crippen LogP contribution in [0.1, 0.15) is 58.3 Å². The Hall–Kier alpha value is -0.380. The summed E-state index contributed by atoms with van der Waals surface area (Å²) in [6, 6.07) is 0. The quantitative estimate of drug-likeness (QED) is 0.670. The second-order valence-electron chi connectivity index (χ2n) is 4.99. The molecule has 0 saturated carbocycles. The Labute approximate surface area is 115 Å². The van der Waals surface area contributed by atoms with E-state index in [1.165, 1.54) is 38.5 Å². The van der Waals surface area contributed by atoms with E-state index in [1.807, 2.05) is 4.90 Å². The predicted molar refractivity (Wildman–Crippen MR) is 79.2 cm³/mol. The van der Waals surface area contributed by atoms with Crippen molar-refractivity contribution in [2.24, 2.45) is 0 Å². The number of nitrogens with zero attached hydrogens (tertiary/aromatic N) is 1. The summed E-state index contributed by atoms with van der Waals surface area (Å²) in [5.41, 5.74) is 0. The van der Waals surface area contributed by atoms with Crippen molar-refractivity contribution in [3.05, 3.63) is 0 Å². The molecule has 0 aromatic rings. The molecular weight excluding hydrogens is 246 g/mol. The number of carbonyl (C=O) groups excluding carboxylic acids is 1. The van der Waals surface area contributed by atoms with Crippen LogP contribution in [0.5, 0.6) is 0 Å². The maximum absolute atomic E-state index is 11.3. The smallest absolute Gasteiger partial charge is 0.222 e. The van der Waals surface area contributed by atoms with Crippen LogP contribution < -0.4 is 0 Å². The van der Waals surface area contributed by atoms with E-state index in [2.05, 4.69) is 6.92 Å². The monoisotopic (exact) mass is 275 g/mol. The van der Waals surface area contributed by atoms with Gasteiger partial charge in [0.15, 0.2) is 0 Å². The maximum atomic E-state index is 11.3. The molecule has 1 amide bonds. The van der Waals surface area contributed by atoms with Crippen molar-refractivity contribution >= 4 is 16.7 Å². The molecule has 0 atom stereocenters. The molecule has 0 bridgehead atoms. The molecular formula is C14H29NO2S. The normalized spacial score (nSPS) is 14.9. The lowest BCUT2D eigenvalue weighted by Crippen LogP contribution is -2.25. The topological polar surface area (TPSA) is 37.4 Å². The minimum Gasteiger partial charge on any atom is -0.343 e. The first-order chi connectivity index (χ1) is 8.57. The Morgan fingerprint density at radius 2 is 1.67 bits per heavy atom. The van der Waals surface area contributed by atoms with Crippen molar-refractivity contribution in [1.29, 1.82) is 0 Å². The van der Waals surface area contributed by atoms with Gasteiger partial charge in [-0.15, -0.1) is 0 Å². The van der Waals surface area contributed by atoms with Gasteiger partial charge in [0, 0.05) is 42.8 Å². The number of carbonyl (C=O) groups is 1. The molecule has 0 N–H and O–H groups in total. The summed E-state index contributed by atoms with van der Waals surface area (Å²) in [6.45, 7) is 4.25. The van der Waals surface area contributed by atoms with Crippen LogP contribution in [0.3, 0.4) is 0 Å². The van der Waals surface area contributed by atoms with Gasteiger partial charge in [0.2, 0.25) is 5.91 Å². The predicted octanol–water partition coefficient (Wildman–Crippen LogP) is 2.96. The van der Waals surface area contributed by atoms with E-state index < -0.39 is 10.8 Å². The molecule has 0 aromatic carbocycles. The molecule has 0 radical (unpaired) electrons. The number of amides is 1. The van der Waals surface area contributed by atoms with Crippen LogP contribution in [-0.4, -0.2) is 40.6 Å². The Balaban J connectivity index is 0.000000631. The molecule has 1 saturated heterocycles. The zero-order chi connectivity index (χ0) is 13.8. The molecule has 108 valence electrons. The van der Waals surface area contributed by atoms with Gasteiger partial charge >= 0.3 is 0 Å². The molecule has 3 nitrogen and oxygen atoms in total. The number of rotatable bonds is 7. The first-order valence-electron chi connectivity index (χ1n) is 7.10. The highest BCUT2D eigenvalue weighted by Gasteiger charge is 2.18. The third kappa shape index (κ3) is 10.8. The van der Waals surface area contributed by atoms with Gasteiger partial charge in [-0.25, -0.2) is 0 Å². The fourth-order valence-corrected chi connectivity index (χ4v) is 2.02. The van der Waals surface area contributed by atoms with Crippen molar-refractivity contribution in [2.45, 2.75) is 58.3 Å². The van der Waals surface area contributed by atoms with Gasteiger partial charge in [-0.3, -0.25) is 9.00 Å². The van der Waals surface area contributed by atoms with E-state index in [0.29, 0.717) is 5.91 Å². The van der Waals surface area contributed by atoms with Gasteiger partial charge in [0.25, 0.3) is 0 Å². The highest BCUT2D eigenvalue weighted by Crippen LogP contribution is 2.12. The minimum atomic E-state index is -0.611. The molecule has 0 unspecified atom stereocenters. The van der Waals surface area contributed by atoms with Crippen LogP contribution in [0, 0.1) is 0 Å². The number of hydrogen-bond acceptors (Lipinski definition) is 2. The van der Waals surface area contributed by atoms with Crippen molar-refractivity contribution < 1.29 is 9.00 Å². The van der Waals surface area contributed by atoms with Crippen molar-refractivity contribution in [3.8, 4) is 0 Å². The summed E-state index contributed by atoms with van der Waals surface area (Å²) in [6.07, 6.45) is 13.0. The average Bonchev–Trinajstić information content (AvgIpc) is 2.69. The number of likely N-dealkylation sites (tertiary alicyclic amines) is 1. The van der Waals surface area contributed by atoms with Crippen LogP contribution in [0.2, 0.25) is 0 Å². The highest BCUT2D eigenvalue weighted by molar-refractivity contribution is 7.83. The summed E-state index contributed by atoms with van der Waals surface area (Å²) < 4.78 is 9.56. The molecule has 0 spiro atoms. The molecule has 1 fully saturated rings. The van der Waals surface area contributed by atoms with E-state index in [4.69, 9.17) is 0 Å². The van der Waals surface area contributed by atoms with Crippen LogP contribution in [0.25, 0.3) is 0 Å². The fraction of sp³-hybridized carbons (Fsp3) is 0.929. The lowest BCUT2D eigenvalue weighted by molar-refractivity contribution is -0.127. The van der Waals surface area contributed by atoms with Crippen LogP contribution >= 0.6 is 0 Å². The molecule has 1 rings (SSSR count). The summed E-state index contributed by atoms with van der Waals surface area (Å²) in [7, 11) is -0.611. The van der Waals surface area contributed by atoms with Crippen LogP contribution in [0.15, 0.2) is 0 Å². The minimum absolute atomic E-state index is 0.374. The Kier molecular flexibility index (Phi) is 11.4.